The van der Waals surface area contributed by atoms with Gasteiger partial charge in [0.25, 0.3) is 0 Å². The van der Waals surface area contributed by atoms with E-state index in [4.69, 9.17) is 0 Å². The molecule has 0 fully saturated rings. The van der Waals surface area contributed by atoms with Crippen molar-refractivity contribution in [3.8, 4) is 0 Å². The van der Waals surface area contributed by atoms with Crippen LogP contribution in [0.3, 0.4) is 0 Å². The monoisotopic (exact) mass is 318 g/mol. The van der Waals surface area contributed by atoms with Crippen molar-refractivity contribution in [3.63, 3.8) is 0 Å². The number of hydrogen-bond acceptors (Lipinski definition) is 1. The molecule has 0 atom stereocenters. The Morgan fingerprint density at radius 3 is 1.68 bits per heavy atom. The number of nitrogens with zero attached hydrogens (tertiary/aromatic N) is 2. The molecule has 0 saturated carbocycles. The standard InChI is InChI=1S/C17H16F2N2S/c1-21-12-11-20-17(21)22(2,15-7-3-13(18)4-8-15)16-9-5-14(19)6-10-16/h3-12H,1-2H3. The minimum absolute atomic E-state index is 0.274. The summed E-state index contributed by atoms with van der Waals surface area (Å²) in [4.78, 5) is 6.46. The van der Waals surface area contributed by atoms with Crippen LogP contribution in [0.2, 0.25) is 0 Å². The molecule has 0 aliphatic carbocycles. The van der Waals surface area contributed by atoms with E-state index in [0.717, 1.165) is 14.9 Å². The van der Waals surface area contributed by atoms with Crippen molar-refractivity contribution in [2.24, 2.45) is 7.05 Å². The second-order valence-electron chi connectivity index (χ2n) is 5.15. The number of aryl methyl sites for hydroxylation is 1. The molecule has 2 aromatic carbocycles. The quantitative estimate of drug-likeness (QED) is 0.689. The van der Waals surface area contributed by atoms with Crippen molar-refractivity contribution in [1.82, 2.24) is 9.55 Å². The first-order chi connectivity index (χ1) is 10.5. The fourth-order valence-corrected chi connectivity index (χ4v) is 5.47. The average Bonchev–Trinajstić information content (AvgIpc) is 2.94. The number of hydrogen-bond donors (Lipinski definition) is 0. The summed E-state index contributed by atoms with van der Waals surface area (Å²) in [6, 6.07) is 12.9. The molecule has 3 rings (SSSR count). The molecule has 1 aromatic heterocycles. The van der Waals surface area contributed by atoms with Crippen LogP contribution < -0.4 is 0 Å². The minimum Gasteiger partial charge on any atom is -0.330 e. The minimum atomic E-state index is -1.68. The third-order valence-electron chi connectivity index (χ3n) is 3.71. The number of benzene rings is 2. The van der Waals surface area contributed by atoms with Crippen LogP contribution in [0, 0.1) is 11.6 Å². The van der Waals surface area contributed by atoms with Crippen molar-refractivity contribution in [2.75, 3.05) is 6.26 Å². The Kier molecular flexibility index (Phi) is 3.74. The van der Waals surface area contributed by atoms with E-state index in [2.05, 4.69) is 11.2 Å². The van der Waals surface area contributed by atoms with Crippen molar-refractivity contribution < 1.29 is 8.78 Å². The van der Waals surface area contributed by atoms with Crippen LogP contribution in [-0.2, 0) is 7.05 Å². The maximum atomic E-state index is 13.3. The first-order valence-electron chi connectivity index (χ1n) is 6.79. The highest BCUT2D eigenvalue weighted by molar-refractivity contribution is 8.33. The topological polar surface area (TPSA) is 17.8 Å². The van der Waals surface area contributed by atoms with Crippen LogP contribution >= 0.6 is 10.0 Å². The fourth-order valence-electron chi connectivity index (χ4n) is 2.51. The molecule has 22 heavy (non-hydrogen) atoms. The summed E-state index contributed by atoms with van der Waals surface area (Å²) in [6.07, 6.45) is 5.72. The highest BCUT2D eigenvalue weighted by atomic mass is 32.3. The summed E-state index contributed by atoms with van der Waals surface area (Å²) in [5, 5.41) is 0.894. The molecule has 0 unspecified atom stereocenters. The molecule has 114 valence electrons. The highest BCUT2D eigenvalue weighted by Gasteiger charge is 2.29. The predicted octanol–water partition coefficient (Wildman–Crippen LogP) is 4.61. The van der Waals surface area contributed by atoms with Crippen molar-refractivity contribution in [3.05, 3.63) is 72.6 Å². The van der Waals surface area contributed by atoms with Crippen molar-refractivity contribution in [1.29, 1.82) is 0 Å². The van der Waals surface area contributed by atoms with E-state index in [1.807, 2.05) is 17.8 Å². The number of rotatable bonds is 3. The van der Waals surface area contributed by atoms with Gasteiger partial charge in [0.2, 0.25) is 0 Å². The van der Waals surface area contributed by atoms with Crippen LogP contribution in [-0.4, -0.2) is 15.8 Å². The molecule has 0 bridgehead atoms. The van der Waals surface area contributed by atoms with Crippen LogP contribution in [0.15, 0.2) is 75.9 Å². The molecule has 0 aliphatic rings. The Morgan fingerprint density at radius 1 is 0.864 bits per heavy atom. The fraction of sp³-hybridized carbons (Fsp3) is 0.118. The van der Waals surface area contributed by atoms with E-state index in [1.54, 1.807) is 30.5 Å². The molecule has 0 N–H and O–H groups in total. The smallest absolute Gasteiger partial charge is 0.158 e. The molecule has 1 heterocycles. The van der Waals surface area contributed by atoms with Crippen molar-refractivity contribution >= 4 is 10.0 Å². The zero-order valence-electron chi connectivity index (χ0n) is 12.3. The van der Waals surface area contributed by atoms with Gasteiger partial charge in [0, 0.05) is 29.2 Å². The Morgan fingerprint density at radius 2 is 1.32 bits per heavy atom. The van der Waals surface area contributed by atoms with Gasteiger partial charge >= 0.3 is 0 Å². The molecule has 0 saturated heterocycles. The number of aromatic nitrogens is 2. The van der Waals surface area contributed by atoms with Crippen LogP contribution in [0.1, 0.15) is 0 Å². The van der Waals surface area contributed by atoms with E-state index in [1.165, 1.54) is 24.3 Å². The van der Waals surface area contributed by atoms with Gasteiger partial charge in [0.15, 0.2) is 5.16 Å². The summed E-state index contributed by atoms with van der Waals surface area (Å²) < 4.78 is 28.5. The molecule has 3 aromatic rings. The summed E-state index contributed by atoms with van der Waals surface area (Å²) in [6.45, 7) is 0. The first kappa shape index (κ1) is 14.8. The SMILES string of the molecule is Cn1ccnc1S(C)(c1ccc(F)cc1)c1ccc(F)cc1. The lowest BCUT2D eigenvalue weighted by Crippen LogP contribution is -2.07. The lowest BCUT2D eigenvalue weighted by Gasteiger charge is -2.36. The molecule has 0 spiro atoms. The van der Waals surface area contributed by atoms with Gasteiger partial charge in [-0.05, 0) is 54.8 Å². The maximum Gasteiger partial charge on any atom is 0.158 e. The number of imidazole rings is 1. The van der Waals surface area contributed by atoms with Gasteiger partial charge < -0.3 is 4.57 Å². The summed E-state index contributed by atoms with van der Waals surface area (Å²) >= 11 is 0. The van der Waals surface area contributed by atoms with Gasteiger partial charge in [-0.2, -0.15) is 0 Å². The Balaban J connectivity index is 2.24. The molecule has 2 nitrogen and oxygen atoms in total. The molecule has 0 aliphatic heterocycles. The van der Waals surface area contributed by atoms with Crippen molar-refractivity contribution in [2.45, 2.75) is 14.9 Å². The molecular formula is C17H16F2N2S. The van der Waals surface area contributed by atoms with Gasteiger partial charge in [-0.15, -0.1) is 10.0 Å². The third-order valence-corrected chi connectivity index (χ3v) is 7.27. The first-order valence-corrected chi connectivity index (χ1v) is 8.83. The number of halogens is 2. The Labute approximate surface area is 129 Å². The Bertz CT molecular complexity index is 734. The lowest BCUT2D eigenvalue weighted by atomic mass is 10.3. The van der Waals surface area contributed by atoms with E-state index in [-0.39, 0.29) is 11.6 Å². The maximum absolute atomic E-state index is 13.3. The van der Waals surface area contributed by atoms with Crippen LogP contribution in [0.5, 0.6) is 0 Å². The second-order valence-corrected chi connectivity index (χ2v) is 8.29. The largest absolute Gasteiger partial charge is 0.330 e. The highest BCUT2D eigenvalue weighted by Crippen LogP contribution is 2.64. The van der Waals surface area contributed by atoms with Gasteiger partial charge in [0.1, 0.15) is 11.6 Å². The van der Waals surface area contributed by atoms with Gasteiger partial charge in [-0.1, -0.05) is 0 Å². The van der Waals surface area contributed by atoms with E-state index in [0.29, 0.717) is 0 Å². The normalized spacial score (nSPS) is 12.4. The van der Waals surface area contributed by atoms with Crippen LogP contribution in [0.25, 0.3) is 0 Å². The lowest BCUT2D eigenvalue weighted by molar-refractivity contribution is 0.626. The third kappa shape index (κ3) is 2.41. The van der Waals surface area contributed by atoms with Gasteiger partial charge in [0.05, 0.1) is 0 Å². The zero-order chi connectivity index (χ0) is 15.7. The predicted molar refractivity (Wildman–Crippen MR) is 84.3 cm³/mol. The second kappa shape index (κ2) is 5.57. The average molecular weight is 318 g/mol. The van der Waals surface area contributed by atoms with E-state index >= 15 is 0 Å². The van der Waals surface area contributed by atoms with E-state index < -0.39 is 10.0 Å². The van der Waals surface area contributed by atoms with Gasteiger partial charge in [-0.25, -0.2) is 13.8 Å². The molecule has 5 heteroatoms. The molecule has 0 amide bonds. The van der Waals surface area contributed by atoms with Gasteiger partial charge in [-0.3, -0.25) is 0 Å². The molecule has 0 radical (unpaired) electrons. The zero-order valence-corrected chi connectivity index (χ0v) is 13.1. The summed E-state index contributed by atoms with van der Waals surface area (Å²) in [5.74, 6) is -0.547. The Hall–Kier alpha value is -2.14. The summed E-state index contributed by atoms with van der Waals surface area (Å²) in [7, 11) is 0.254. The van der Waals surface area contributed by atoms with Crippen LogP contribution in [0.4, 0.5) is 8.78 Å². The van der Waals surface area contributed by atoms with E-state index in [9.17, 15) is 8.78 Å². The molecular weight excluding hydrogens is 302 g/mol. The summed E-state index contributed by atoms with van der Waals surface area (Å²) in [5.41, 5.74) is 0.